The van der Waals surface area contributed by atoms with Gasteiger partial charge in [0.2, 0.25) is 10.0 Å². The summed E-state index contributed by atoms with van der Waals surface area (Å²) in [5.74, 6) is 1.15. The molecular formula is C26H28N4O3S. The van der Waals surface area contributed by atoms with Crippen LogP contribution in [0.15, 0.2) is 67.0 Å². The summed E-state index contributed by atoms with van der Waals surface area (Å²) in [5, 5.41) is 4.55. The zero-order chi connectivity index (χ0) is 23.5. The molecule has 0 spiro atoms. The Bertz CT molecular complexity index is 1380. The Hall–Kier alpha value is -3.39. The molecular weight excluding hydrogens is 448 g/mol. The minimum Gasteiger partial charge on any atom is -0.489 e. The average molecular weight is 477 g/mol. The van der Waals surface area contributed by atoms with Gasteiger partial charge in [0.15, 0.2) is 5.65 Å². The number of aromatic nitrogens is 3. The second-order valence-electron chi connectivity index (χ2n) is 8.86. The van der Waals surface area contributed by atoms with Gasteiger partial charge in [-0.1, -0.05) is 61.7 Å². The van der Waals surface area contributed by atoms with Crippen LogP contribution in [0.1, 0.15) is 49.3 Å². The summed E-state index contributed by atoms with van der Waals surface area (Å²) >= 11 is 0. The van der Waals surface area contributed by atoms with Gasteiger partial charge < -0.3 is 4.74 Å². The lowest BCUT2D eigenvalue weighted by atomic mass is 9.84. The largest absolute Gasteiger partial charge is 0.489 e. The fourth-order valence-corrected chi connectivity index (χ4v) is 5.23. The molecule has 1 fully saturated rings. The van der Waals surface area contributed by atoms with Crippen molar-refractivity contribution in [3.8, 4) is 16.9 Å². The zero-order valence-electron chi connectivity index (χ0n) is 19.1. The van der Waals surface area contributed by atoms with E-state index >= 15 is 0 Å². The fourth-order valence-electron chi connectivity index (χ4n) is 4.68. The van der Waals surface area contributed by atoms with Gasteiger partial charge in [-0.3, -0.25) is 4.72 Å². The number of nitrogens with one attached hydrogen (secondary N) is 1. The van der Waals surface area contributed by atoms with E-state index in [2.05, 4.69) is 26.9 Å². The topological polar surface area (TPSA) is 85.6 Å². The first-order valence-corrected chi connectivity index (χ1v) is 13.5. The van der Waals surface area contributed by atoms with E-state index in [1.54, 1.807) is 6.20 Å². The molecule has 2 aromatic heterocycles. The van der Waals surface area contributed by atoms with Gasteiger partial charge in [0.05, 0.1) is 18.1 Å². The summed E-state index contributed by atoms with van der Waals surface area (Å²) < 4.78 is 33.9. The average Bonchev–Trinajstić information content (AvgIpc) is 3.25. The van der Waals surface area contributed by atoms with Crippen LogP contribution in [0.5, 0.6) is 5.75 Å². The van der Waals surface area contributed by atoms with Crippen molar-refractivity contribution < 1.29 is 13.2 Å². The van der Waals surface area contributed by atoms with Crippen molar-refractivity contribution >= 4 is 21.4 Å². The van der Waals surface area contributed by atoms with Crippen LogP contribution in [0, 0.1) is 0 Å². The molecule has 7 nitrogen and oxygen atoms in total. The van der Waals surface area contributed by atoms with Gasteiger partial charge in [0, 0.05) is 17.7 Å². The highest BCUT2D eigenvalue weighted by Gasteiger charge is 2.24. The lowest BCUT2D eigenvalue weighted by Gasteiger charge is -2.25. The van der Waals surface area contributed by atoms with E-state index in [-0.39, 0.29) is 0 Å². The molecule has 8 heteroatoms. The second kappa shape index (κ2) is 9.46. The smallest absolute Gasteiger partial charge is 0.229 e. The van der Waals surface area contributed by atoms with Gasteiger partial charge in [-0.2, -0.15) is 5.10 Å². The summed E-state index contributed by atoms with van der Waals surface area (Å²) in [4.78, 5) is 4.60. The SMILES string of the molecule is CS(=O)(=O)Nc1cnn2c(C3CCCCC3)c(-c3ccc(OCc4ccccc4)cc3)cnc12. The van der Waals surface area contributed by atoms with Gasteiger partial charge in [-0.05, 0) is 36.1 Å². The zero-order valence-corrected chi connectivity index (χ0v) is 20.0. The van der Waals surface area contributed by atoms with E-state index in [1.165, 1.54) is 19.3 Å². The molecule has 1 aliphatic rings. The third-order valence-corrected chi connectivity index (χ3v) is 6.86. The lowest BCUT2D eigenvalue weighted by molar-refractivity contribution is 0.306. The van der Waals surface area contributed by atoms with Crippen LogP contribution in [0.25, 0.3) is 16.8 Å². The van der Waals surface area contributed by atoms with E-state index in [0.29, 0.717) is 23.9 Å². The molecule has 2 heterocycles. The molecule has 0 unspecified atom stereocenters. The fraction of sp³-hybridized carbons (Fsp3) is 0.308. The number of anilines is 1. The normalized spacial score (nSPS) is 14.9. The monoisotopic (exact) mass is 476 g/mol. The molecule has 0 bridgehead atoms. The number of benzene rings is 2. The highest BCUT2D eigenvalue weighted by atomic mass is 32.2. The third-order valence-electron chi connectivity index (χ3n) is 6.26. The molecule has 34 heavy (non-hydrogen) atoms. The molecule has 0 amide bonds. The highest BCUT2D eigenvalue weighted by Crippen LogP contribution is 2.39. The van der Waals surface area contributed by atoms with Crippen molar-refractivity contribution in [1.82, 2.24) is 14.6 Å². The van der Waals surface area contributed by atoms with E-state index in [4.69, 9.17) is 4.74 Å². The summed E-state index contributed by atoms with van der Waals surface area (Å²) in [6.45, 7) is 0.518. The minimum atomic E-state index is -3.43. The predicted octanol–water partition coefficient (Wildman–Crippen LogP) is 5.39. The molecule has 1 N–H and O–H groups in total. The van der Waals surface area contributed by atoms with Crippen molar-refractivity contribution in [1.29, 1.82) is 0 Å². The molecule has 0 radical (unpaired) electrons. The Kier molecular flexibility index (Phi) is 6.24. The van der Waals surface area contributed by atoms with Crippen LogP contribution < -0.4 is 9.46 Å². The van der Waals surface area contributed by atoms with Crippen molar-refractivity contribution in [3.63, 3.8) is 0 Å². The van der Waals surface area contributed by atoms with Gasteiger partial charge >= 0.3 is 0 Å². The maximum absolute atomic E-state index is 11.8. The van der Waals surface area contributed by atoms with E-state index in [0.717, 1.165) is 47.2 Å². The summed E-state index contributed by atoms with van der Waals surface area (Å²) in [6.07, 6.45) is 10.3. The predicted molar refractivity (Wildman–Crippen MR) is 133 cm³/mol. The van der Waals surface area contributed by atoms with Gasteiger partial charge in [-0.25, -0.2) is 17.9 Å². The Morgan fingerprint density at radius 2 is 1.74 bits per heavy atom. The van der Waals surface area contributed by atoms with Crippen molar-refractivity contribution in [2.75, 3.05) is 11.0 Å². The first kappa shape index (κ1) is 22.4. The number of hydrogen-bond acceptors (Lipinski definition) is 5. The number of ether oxygens (including phenoxy) is 1. The van der Waals surface area contributed by atoms with Crippen molar-refractivity contribution in [3.05, 3.63) is 78.2 Å². The minimum absolute atomic E-state index is 0.342. The van der Waals surface area contributed by atoms with E-state index in [9.17, 15) is 8.42 Å². The van der Waals surface area contributed by atoms with Crippen LogP contribution >= 0.6 is 0 Å². The Morgan fingerprint density at radius 3 is 2.44 bits per heavy atom. The maximum Gasteiger partial charge on any atom is 0.229 e. The summed E-state index contributed by atoms with van der Waals surface area (Å²) in [7, 11) is -3.43. The molecule has 0 aliphatic heterocycles. The number of fused-ring (bicyclic) bond motifs is 1. The molecule has 4 aromatic rings. The van der Waals surface area contributed by atoms with Crippen molar-refractivity contribution in [2.24, 2.45) is 0 Å². The first-order chi connectivity index (χ1) is 16.5. The highest BCUT2D eigenvalue weighted by molar-refractivity contribution is 7.92. The number of hydrogen-bond donors (Lipinski definition) is 1. The maximum atomic E-state index is 11.8. The third kappa shape index (κ3) is 4.92. The number of rotatable bonds is 7. The van der Waals surface area contributed by atoms with Crippen LogP contribution in [-0.4, -0.2) is 29.3 Å². The molecule has 1 aliphatic carbocycles. The van der Waals surface area contributed by atoms with Crippen LogP contribution in [-0.2, 0) is 16.6 Å². The van der Waals surface area contributed by atoms with E-state index < -0.39 is 10.0 Å². The summed E-state index contributed by atoms with van der Waals surface area (Å²) in [6, 6.07) is 18.1. The summed E-state index contributed by atoms with van der Waals surface area (Å²) in [5.41, 5.74) is 5.19. The standard InChI is InChI=1S/C26H28N4O3S/c1-34(31,32)29-24-17-28-30-25(21-10-6-3-7-11-21)23(16-27-26(24)30)20-12-14-22(15-13-20)33-18-19-8-4-2-5-9-19/h2,4-5,8-9,12-17,21,29H,3,6-7,10-11,18H2,1H3. The molecule has 1 saturated carbocycles. The molecule has 176 valence electrons. The molecule has 5 rings (SSSR count). The van der Waals surface area contributed by atoms with E-state index in [1.807, 2.05) is 53.2 Å². The quantitative estimate of drug-likeness (QED) is 0.386. The number of sulfonamides is 1. The second-order valence-corrected chi connectivity index (χ2v) is 10.6. The molecule has 0 saturated heterocycles. The Balaban J connectivity index is 1.49. The number of nitrogens with zero attached hydrogens (tertiary/aromatic N) is 3. The van der Waals surface area contributed by atoms with Crippen LogP contribution in [0.4, 0.5) is 5.69 Å². The van der Waals surface area contributed by atoms with Gasteiger partial charge in [-0.15, -0.1) is 0 Å². The van der Waals surface area contributed by atoms with Crippen molar-refractivity contribution in [2.45, 2.75) is 44.6 Å². The van der Waals surface area contributed by atoms with Crippen LogP contribution in [0.3, 0.4) is 0 Å². The first-order valence-electron chi connectivity index (χ1n) is 11.6. The Morgan fingerprint density at radius 1 is 1.00 bits per heavy atom. The molecule has 2 aromatic carbocycles. The van der Waals surface area contributed by atoms with Crippen LogP contribution in [0.2, 0.25) is 0 Å². The van der Waals surface area contributed by atoms with Gasteiger partial charge in [0.1, 0.15) is 18.0 Å². The van der Waals surface area contributed by atoms with Gasteiger partial charge in [0.25, 0.3) is 0 Å². The molecule has 0 atom stereocenters. The Labute approximate surface area is 199 Å². The lowest BCUT2D eigenvalue weighted by Crippen LogP contribution is -2.13.